The first-order valence-corrected chi connectivity index (χ1v) is 20.1. The van der Waals surface area contributed by atoms with Crippen LogP contribution in [0.4, 0.5) is 34.1 Å². The predicted molar refractivity (Wildman–Crippen MR) is 239 cm³/mol. The van der Waals surface area contributed by atoms with E-state index >= 15 is 0 Å². The van der Waals surface area contributed by atoms with Crippen LogP contribution in [0.15, 0.2) is 133 Å². The fourth-order valence-electron chi connectivity index (χ4n) is 10.0. The molecule has 0 saturated heterocycles. The van der Waals surface area contributed by atoms with Crippen molar-refractivity contribution in [2.24, 2.45) is 0 Å². The summed E-state index contributed by atoms with van der Waals surface area (Å²) in [6.07, 6.45) is 0. The third kappa shape index (κ3) is 5.53. The van der Waals surface area contributed by atoms with E-state index < -0.39 is 0 Å². The van der Waals surface area contributed by atoms with Gasteiger partial charge in [-0.05, 0) is 192 Å². The molecule has 0 atom stereocenters. The van der Waals surface area contributed by atoms with Crippen molar-refractivity contribution in [2.75, 3.05) is 9.80 Å². The maximum Gasteiger partial charge on any atom is 0.0467 e. The largest absolute Gasteiger partial charge is 0.310 e. The second-order valence-electron chi connectivity index (χ2n) is 17.6. The molecular formula is C54H52N2. The number of rotatable bonds is 6. The van der Waals surface area contributed by atoms with Crippen molar-refractivity contribution >= 4 is 34.1 Å². The van der Waals surface area contributed by atoms with Gasteiger partial charge in [-0.25, -0.2) is 0 Å². The lowest BCUT2D eigenvalue weighted by Gasteiger charge is -2.32. The Morgan fingerprint density at radius 1 is 0.339 bits per heavy atom. The molecule has 7 aromatic carbocycles. The lowest BCUT2D eigenvalue weighted by atomic mass is 9.72. The van der Waals surface area contributed by atoms with Crippen molar-refractivity contribution in [3.63, 3.8) is 0 Å². The van der Waals surface area contributed by atoms with Gasteiger partial charge in [-0.3, -0.25) is 0 Å². The Bertz CT molecular complexity index is 2450. The summed E-state index contributed by atoms with van der Waals surface area (Å²) in [4.78, 5) is 4.88. The van der Waals surface area contributed by atoms with Gasteiger partial charge in [0.05, 0.1) is 0 Å². The molecule has 0 amide bonds. The molecule has 0 unspecified atom stereocenters. The molecule has 0 aliphatic heterocycles. The molecule has 0 fully saturated rings. The van der Waals surface area contributed by atoms with E-state index in [1.807, 2.05) is 0 Å². The molecule has 0 bridgehead atoms. The smallest absolute Gasteiger partial charge is 0.0467 e. The zero-order chi connectivity index (χ0) is 39.3. The van der Waals surface area contributed by atoms with E-state index in [0.717, 1.165) is 0 Å². The van der Waals surface area contributed by atoms with Gasteiger partial charge in [0.2, 0.25) is 0 Å². The molecule has 0 spiro atoms. The van der Waals surface area contributed by atoms with E-state index in [9.17, 15) is 0 Å². The minimum atomic E-state index is -0.215. The number of hydrogen-bond donors (Lipinski definition) is 0. The Hall–Kier alpha value is -5.86. The predicted octanol–water partition coefficient (Wildman–Crippen LogP) is 15.1. The van der Waals surface area contributed by atoms with Crippen LogP contribution < -0.4 is 9.80 Å². The molecule has 0 heterocycles. The van der Waals surface area contributed by atoms with Gasteiger partial charge >= 0.3 is 0 Å². The third-order valence-corrected chi connectivity index (χ3v) is 12.5. The van der Waals surface area contributed by atoms with Crippen LogP contribution in [0.1, 0.15) is 83.3 Å². The quantitative estimate of drug-likeness (QED) is 0.168. The average molecular weight is 729 g/mol. The SMILES string of the molecule is Cc1cccc(N(c2cccc(C)c2)c2cc(C)c3c(c2)C(C)(C)c2c-3ccc3c2C(C)(C)c2cc(N(c4cccc(C)c4)c4cccc(C)c4)cc(C)c2-3)c1. The van der Waals surface area contributed by atoms with Gasteiger partial charge in [-0.2, -0.15) is 0 Å². The van der Waals surface area contributed by atoms with E-state index in [1.165, 1.54) is 112 Å². The minimum absolute atomic E-state index is 0.215. The number of nitrogens with zero attached hydrogens (tertiary/aromatic N) is 2. The second kappa shape index (κ2) is 12.8. The molecule has 56 heavy (non-hydrogen) atoms. The molecule has 9 rings (SSSR count). The van der Waals surface area contributed by atoms with Crippen molar-refractivity contribution < 1.29 is 0 Å². The first-order valence-electron chi connectivity index (χ1n) is 20.1. The summed E-state index contributed by atoms with van der Waals surface area (Å²) in [6.45, 7) is 23.2. The highest BCUT2D eigenvalue weighted by Crippen LogP contribution is 2.61. The molecule has 2 heteroatoms. The zero-order valence-electron chi connectivity index (χ0n) is 34.6. The Labute approximate surface area is 334 Å². The van der Waals surface area contributed by atoms with E-state index in [2.05, 4.69) is 212 Å². The van der Waals surface area contributed by atoms with Crippen LogP contribution in [0.2, 0.25) is 0 Å². The maximum atomic E-state index is 2.49. The first kappa shape index (κ1) is 35.8. The Morgan fingerprint density at radius 3 is 0.929 bits per heavy atom. The molecule has 7 aromatic rings. The van der Waals surface area contributed by atoms with E-state index in [-0.39, 0.29) is 10.8 Å². The third-order valence-electron chi connectivity index (χ3n) is 12.5. The number of hydrogen-bond acceptors (Lipinski definition) is 2. The first-order chi connectivity index (χ1) is 26.7. The lowest BCUT2D eigenvalue weighted by molar-refractivity contribution is 0.601. The van der Waals surface area contributed by atoms with Crippen LogP contribution in [0, 0.1) is 41.5 Å². The monoisotopic (exact) mass is 728 g/mol. The number of aryl methyl sites for hydroxylation is 6. The molecular weight excluding hydrogens is 677 g/mol. The highest BCUT2D eigenvalue weighted by Gasteiger charge is 2.47. The van der Waals surface area contributed by atoms with Gasteiger partial charge in [0.15, 0.2) is 0 Å². The highest BCUT2D eigenvalue weighted by molar-refractivity contribution is 5.95. The lowest BCUT2D eigenvalue weighted by Crippen LogP contribution is -2.24. The minimum Gasteiger partial charge on any atom is -0.310 e. The van der Waals surface area contributed by atoms with Gasteiger partial charge in [-0.15, -0.1) is 0 Å². The summed E-state index contributed by atoms with van der Waals surface area (Å²) in [6, 6.07) is 50.2. The highest BCUT2D eigenvalue weighted by atomic mass is 15.1. The molecule has 0 N–H and O–H groups in total. The fraction of sp³-hybridized carbons (Fsp3) is 0.222. The summed E-state index contributed by atoms with van der Waals surface area (Å²) in [7, 11) is 0. The summed E-state index contributed by atoms with van der Waals surface area (Å²) < 4.78 is 0. The standard InChI is InChI=1S/C54H52N2/c1-33-15-11-19-39(25-33)55(40-20-12-16-34(2)26-40)43-29-37(5)49-45-23-24-46-50-38(6)30-44(32-48(50)54(9,10)52(46)51(45)53(7,8)47(49)31-43)56(41-21-13-17-35(3)27-41)42-22-14-18-36(4)28-42/h11-32H,1-10H3. The zero-order valence-corrected chi connectivity index (χ0v) is 34.6. The van der Waals surface area contributed by atoms with Crippen molar-refractivity contribution in [1.82, 2.24) is 0 Å². The summed E-state index contributed by atoms with van der Waals surface area (Å²) in [5, 5.41) is 0. The van der Waals surface area contributed by atoms with Crippen molar-refractivity contribution in [2.45, 2.75) is 80.1 Å². The molecule has 278 valence electrons. The number of anilines is 6. The van der Waals surface area contributed by atoms with Crippen molar-refractivity contribution in [3.8, 4) is 22.3 Å². The molecule has 2 nitrogen and oxygen atoms in total. The average Bonchev–Trinajstić information content (AvgIpc) is 3.52. The van der Waals surface area contributed by atoms with Crippen LogP contribution in [0.5, 0.6) is 0 Å². The Balaban J connectivity index is 1.21. The summed E-state index contributed by atoms with van der Waals surface area (Å²) >= 11 is 0. The van der Waals surface area contributed by atoms with Crippen molar-refractivity contribution in [1.29, 1.82) is 0 Å². The van der Waals surface area contributed by atoms with Gasteiger partial charge < -0.3 is 9.80 Å². The summed E-state index contributed by atoms with van der Waals surface area (Å²) in [5.74, 6) is 0. The fourth-order valence-corrected chi connectivity index (χ4v) is 10.0. The molecule has 0 aromatic heterocycles. The van der Waals surface area contributed by atoms with E-state index in [1.54, 1.807) is 0 Å². The van der Waals surface area contributed by atoms with Gasteiger partial charge in [0.1, 0.15) is 0 Å². The Morgan fingerprint density at radius 2 is 0.643 bits per heavy atom. The van der Waals surface area contributed by atoms with Gasteiger partial charge in [-0.1, -0.05) is 88.4 Å². The van der Waals surface area contributed by atoms with Crippen LogP contribution in [0.25, 0.3) is 22.3 Å². The maximum absolute atomic E-state index is 2.49. The van der Waals surface area contributed by atoms with Crippen molar-refractivity contribution in [3.05, 3.63) is 189 Å². The normalized spacial score (nSPS) is 14.2. The van der Waals surface area contributed by atoms with Gasteiger partial charge in [0, 0.05) is 45.0 Å². The van der Waals surface area contributed by atoms with Gasteiger partial charge in [0.25, 0.3) is 0 Å². The van der Waals surface area contributed by atoms with E-state index in [0.29, 0.717) is 0 Å². The Kier molecular flexibility index (Phi) is 8.22. The number of fused-ring (bicyclic) bond motifs is 7. The molecule has 2 aliphatic carbocycles. The summed E-state index contributed by atoms with van der Waals surface area (Å²) in [5.41, 5.74) is 25.6. The number of benzene rings is 7. The van der Waals surface area contributed by atoms with E-state index in [4.69, 9.17) is 0 Å². The van der Waals surface area contributed by atoms with Crippen LogP contribution >= 0.6 is 0 Å². The van der Waals surface area contributed by atoms with Crippen LogP contribution in [0.3, 0.4) is 0 Å². The second-order valence-corrected chi connectivity index (χ2v) is 17.6. The molecule has 0 saturated carbocycles. The molecule has 0 radical (unpaired) electrons. The molecule has 2 aliphatic rings. The topological polar surface area (TPSA) is 6.48 Å². The van der Waals surface area contributed by atoms with Crippen LogP contribution in [-0.4, -0.2) is 0 Å². The van der Waals surface area contributed by atoms with Crippen LogP contribution in [-0.2, 0) is 10.8 Å².